The van der Waals surface area contributed by atoms with Gasteiger partial charge >= 0.3 is 0 Å². The molecule has 3 aromatic heterocycles. The Hall–Kier alpha value is -3.57. The molecule has 0 unspecified atom stereocenters. The zero-order valence-electron chi connectivity index (χ0n) is 15.6. The zero-order valence-corrected chi connectivity index (χ0v) is 16.4. The fourth-order valence-electron chi connectivity index (χ4n) is 3.51. The topological polar surface area (TPSA) is 64.7 Å². The lowest BCUT2D eigenvalue weighted by Crippen LogP contribution is -2.05. The molecule has 0 radical (unpaired) electrons. The minimum absolute atomic E-state index is 0.271. The standard InChI is InChI=1S/C24H18N4S/c25-24-27-22(18-10-6-12-26-15-18)19(13-16-7-2-1-3-8-16)23(28-24)21-14-17-9-4-5-11-20(17)29-21/h1-12,14-15H,13H2,(H2,25,27,28). The first-order chi connectivity index (χ1) is 14.3. The first-order valence-electron chi connectivity index (χ1n) is 9.37. The van der Waals surface area contributed by atoms with Gasteiger partial charge in [-0.3, -0.25) is 4.98 Å². The Morgan fingerprint density at radius 3 is 2.41 bits per heavy atom. The van der Waals surface area contributed by atoms with Crippen molar-refractivity contribution < 1.29 is 0 Å². The van der Waals surface area contributed by atoms with E-state index in [0.29, 0.717) is 0 Å². The van der Waals surface area contributed by atoms with Crippen LogP contribution in [0.1, 0.15) is 11.1 Å². The van der Waals surface area contributed by atoms with Crippen molar-refractivity contribution in [2.75, 3.05) is 5.73 Å². The summed E-state index contributed by atoms with van der Waals surface area (Å²) in [5, 5.41) is 1.21. The minimum atomic E-state index is 0.271. The van der Waals surface area contributed by atoms with E-state index < -0.39 is 0 Å². The van der Waals surface area contributed by atoms with Gasteiger partial charge in [0.1, 0.15) is 0 Å². The second-order valence-corrected chi connectivity index (χ2v) is 7.89. The van der Waals surface area contributed by atoms with E-state index in [4.69, 9.17) is 5.73 Å². The Morgan fingerprint density at radius 2 is 1.62 bits per heavy atom. The molecule has 0 aliphatic heterocycles. The van der Waals surface area contributed by atoms with Crippen molar-refractivity contribution in [3.05, 3.63) is 96.3 Å². The third-order valence-electron chi connectivity index (χ3n) is 4.84. The van der Waals surface area contributed by atoms with Gasteiger partial charge in [0.2, 0.25) is 5.95 Å². The van der Waals surface area contributed by atoms with Gasteiger partial charge in [-0.15, -0.1) is 11.3 Å². The molecular formula is C24H18N4S. The number of aromatic nitrogens is 3. The molecule has 29 heavy (non-hydrogen) atoms. The maximum atomic E-state index is 6.15. The number of hydrogen-bond donors (Lipinski definition) is 1. The van der Waals surface area contributed by atoms with Crippen molar-refractivity contribution >= 4 is 27.4 Å². The quantitative estimate of drug-likeness (QED) is 0.431. The summed E-state index contributed by atoms with van der Waals surface area (Å²) in [6.07, 6.45) is 4.30. The number of nitrogens with two attached hydrogens (primary N) is 1. The van der Waals surface area contributed by atoms with Crippen molar-refractivity contribution in [3.8, 4) is 21.8 Å². The molecule has 0 fully saturated rings. The molecule has 5 aromatic rings. The van der Waals surface area contributed by atoms with Crippen LogP contribution in [0.2, 0.25) is 0 Å². The smallest absolute Gasteiger partial charge is 0.221 e. The number of pyridine rings is 1. The van der Waals surface area contributed by atoms with Crippen LogP contribution in [0.15, 0.2) is 85.2 Å². The molecule has 0 atom stereocenters. The van der Waals surface area contributed by atoms with E-state index >= 15 is 0 Å². The van der Waals surface area contributed by atoms with E-state index in [1.807, 2.05) is 24.4 Å². The third-order valence-corrected chi connectivity index (χ3v) is 5.96. The molecule has 2 N–H and O–H groups in total. The molecule has 0 amide bonds. The van der Waals surface area contributed by atoms with Crippen LogP contribution in [0, 0.1) is 0 Å². The maximum absolute atomic E-state index is 6.15. The number of rotatable bonds is 4. The van der Waals surface area contributed by atoms with Gasteiger partial charge in [0.25, 0.3) is 0 Å². The van der Waals surface area contributed by atoms with Gasteiger partial charge in [0.15, 0.2) is 0 Å². The Morgan fingerprint density at radius 1 is 0.828 bits per heavy atom. The third kappa shape index (κ3) is 3.48. The number of hydrogen-bond acceptors (Lipinski definition) is 5. The molecule has 3 heterocycles. The lowest BCUT2D eigenvalue weighted by molar-refractivity contribution is 1.09. The minimum Gasteiger partial charge on any atom is -0.368 e. The molecule has 0 aliphatic rings. The zero-order chi connectivity index (χ0) is 19.6. The van der Waals surface area contributed by atoms with E-state index in [2.05, 4.69) is 69.5 Å². The number of anilines is 1. The lowest BCUT2D eigenvalue weighted by Gasteiger charge is -2.14. The molecule has 5 rings (SSSR count). The largest absolute Gasteiger partial charge is 0.368 e. The summed E-state index contributed by atoms with van der Waals surface area (Å²) < 4.78 is 1.23. The highest BCUT2D eigenvalue weighted by atomic mass is 32.1. The van der Waals surface area contributed by atoms with Crippen LogP contribution in [0.5, 0.6) is 0 Å². The number of benzene rings is 2. The van der Waals surface area contributed by atoms with Crippen LogP contribution in [-0.2, 0) is 6.42 Å². The molecule has 0 saturated carbocycles. The highest BCUT2D eigenvalue weighted by molar-refractivity contribution is 7.22. The number of nitrogens with zero attached hydrogens (tertiary/aromatic N) is 3. The second-order valence-electron chi connectivity index (χ2n) is 6.81. The van der Waals surface area contributed by atoms with Crippen LogP contribution in [-0.4, -0.2) is 15.0 Å². The van der Waals surface area contributed by atoms with Crippen LogP contribution < -0.4 is 5.73 Å². The van der Waals surface area contributed by atoms with Gasteiger partial charge in [-0.2, -0.15) is 0 Å². The Bertz CT molecular complexity index is 1250. The number of fused-ring (bicyclic) bond motifs is 1. The predicted molar refractivity (Wildman–Crippen MR) is 120 cm³/mol. The SMILES string of the molecule is Nc1nc(-c2cccnc2)c(Cc2ccccc2)c(-c2cc3ccccc3s2)n1. The summed E-state index contributed by atoms with van der Waals surface area (Å²) in [5.74, 6) is 0.271. The summed E-state index contributed by atoms with van der Waals surface area (Å²) in [4.78, 5) is 14.7. The molecule has 5 heteroatoms. The van der Waals surface area contributed by atoms with Gasteiger partial charge in [-0.25, -0.2) is 9.97 Å². The molecule has 4 nitrogen and oxygen atoms in total. The molecule has 0 saturated heterocycles. The number of thiophene rings is 1. The second kappa shape index (κ2) is 7.45. The van der Waals surface area contributed by atoms with Gasteiger partial charge < -0.3 is 5.73 Å². The van der Waals surface area contributed by atoms with E-state index in [-0.39, 0.29) is 5.95 Å². The first-order valence-corrected chi connectivity index (χ1v) is 10.2. The molecule has 0 bridgehead atoms. The molecular weight excluding hydrogens is 376 g/mol. The fraction of sp³-hybridized carbons (Fsp3) is 0.0417. The van der Waals surface area contributed by atoms with Crippen molar-refractivity contribution in [3.63, 3.8) is 0 Å². The van der Waals surface area contributed by atoms with Gasteiger partial charge in [-0.1, -0.05) is 48.5 Å². The maximum Gasteiger partial charge on any atom is 0.221 e. The van der Waals surface area contributed by atoms with E-state index in [0.717, 1.165) is 33.8 Å². The van der Waals surface area contributed by atoms with E-state index in [9.17, 15) is 0 Å². The van der Waals surface area contributed by atoms with E-state index in [1.165, 1.54) is 15.6 Å². The summed E-state index contributed by atoms with van der Waals surface area (Å²) in [7, 11) is 0. The van der Waals surface area contributed by atoms with Gasteiger partial charge in [0.05, 0.1) is 16.3 Å². The molecule has 0 spiro atoms. The van der Waals surface area contributed by atoms with Gasteiger partial charge in [0, 0.05) is 34.6 Å². The van der Waals surface area contributed by atoms with Crippen LogP contribution in [0.4, 0.5) is 5.95 Å². The van der Waals surface area contributed by atoms with Crippen molar-refractivity contribution in [2.24, 2.45) is 0 Å². The summed E-state index contributed by atoms with van der Waals surface area (Å²) >= 11 is 1.73. The van der Waals surface area contributed by atoms with Crippen molar-refractivity contribution in [1.82, 2.24) is 15.0 Å². The summed E-state index contributed by atoms with van der Waals surface area (Å²) in [5.41, 5.74) is 11.1. The Kier molecular flexibility index (Phi) is 4.50. The van der Waals surface area contributed by atoms with E-state index in [1.54, 1.807) is 17.5 Å². The molecule has 0 aliphatic carbocycles. The fourth-order valence-corrected chi connectivity index (χ4v) is 4.59. The normalized spacial score (nSPS) is 11.0. The highest BCUT2D eigenvalue weighted by Gasteiger charge is 2.19. The first kappa shape index (κ1) is 17.5. The van der Waals surface area contributed by atoms with Crippen molar-refractivity contribution in [2.45, 2.75) is 6.42 Å². The predicted octanol–water partition coefficient (Wildman–Crippen LogP) is 5.59. The monoisotopic (exact) mass is 394 g/mol. The highest BCUT2D eigenvalue weighted by Crippen LogP contribution is 2.38. The van der Waals surface area contributed by atoms with Crippen LogP contribution in [0.25, 0.3) is 31.9 Å². The Labute approximate surface area is 172 Å². The lowest BCUT2D eigenvalue weighted by atomic mass is 9.97. The van der Waals surface area contributed by atoms with Crippen LogP contribution >= 0.6 is 11.3 Å². The average molecular weight is 395 g/mol. The van der Waals surface area contributed by atoms with Crippen molar-refractivity contribution in [1.29, 1.82) is 0 Å². The van der Waals surface area contributed by atoms with Crippen LogP contribution in [0.3, 0.4) is 0 Å². The Balaban J connectivity index is 1.75. The summed E-state index contributed by atoms with van der Waals surface area (Å²) in [6.45, 7) is 0. The molecule has 140 valence electrons. The van der Waals surface area contributed by atoms with Gasteiger partial charge in [-0.05, 0) is 35.2 Å². The number of nitrogen functional groups attached to an aromatic ring is 1. The average Bonchev–Trinajstić information content (AvgIpc) is 3.20. The molecule has 2 aromatic carbocycles. The summed E-state index contributed by atoms with van der Waals surface area (Å²) in [6, 6.07) is 24.9.